The number of hydrogen-bond acceptors (Lipinski definition) is 8. The average molecular weight is 545 g/mol. The lowest BCUT2D eigenvalue weighted by Gasteiger charge is -2.24. The van der Waals surface area contributed by atoms with Gasteiger partial charge < -0.3 is 29.9 Å². The second-order valence-corrected chi connectivity index (χ2v) is 11.7. The van der Waals surface area contributed by atoms with Crippen molar-refractivity contribution in [2.24, 2.45) is 5.41 Å². The molecule has 2 amide bonds. The van der Waals surface area contributed by atoms with Crippen LogP contribution in [0.15, 0.2) is 30.3 Å². The van der Waals surface area contributed by atoms with Crippen LogP contribution in [0, 0.1) is 12.3 Å². The number of benzene rings is 2. The van der Waals surface area contributed by atoms with E-state index in [4.69, 9.17) is 14.7 Å². The Hall–Kier alpha value is -3.92. The maximum atomic E-state index is 13.9. The van der Waals surface area contributed by atoms with Crippen molar-refractivity contribution in [1.29, 1.82) is 0 Å². The molecule has 0 atom stereocenters. The van der Waals surface area contributed by atoms with Gasteiger partial charge in [0.2, 0.25) is 5.91 Å². The molecule has 2 aliphatic heterocycles. The smallest absolute Gasteiger partial charge is 0.318 e. The van der Waals surface area contributed by atoms with Crippen molar-refractivity contribution in [2.75, 3.05) is 51.8 Å². The monoisotopic (exact) mass is 544 g/mol. The number of anilines is 1. The summed E-state index contributed by atoms with van der Waals surface area (Å²) in [6.07, 6.45) is 3.01. The molecule has 1 aliphatic carbocycles. The van der Waals surface area contributed by atoms with Crippen LogP contribution in [0.5, 0.6) is 11.8 Å². The number of aromatic hydroxyl groups is 1. The molecule has 3 heterocycles. The molecule has 3 aliphatic rings. The summed E-state index contributed by atoms with van der Waals surface area (Å²) in [6, 6.07) is 9.30. The predicted molar refractivity (Wildman–Crippen MR) is 152 cm³/mol. The van der Waals surface area contributed by atoms with Gasteiger partial charge in [-0.3, -0.25) is 9.59 Å². The Balaban J connectivity index is 1.33. The number of nitrogens with zero attached hydrogens (tertiary/aromatic N) is 5. The third kappa shape index (κ3) is 5.15. The maximum absolute atomic E-state index is 13.9. The Morgan fingerprint density at radius 1 is 1.18 bits per heavy atom. The minimum atomic E-state index is -0.182. The number of nitrogens with one attached hydrogen (secondary N) is 1. The van der Waals surface area contributed by atoms with Gasteiger partial charge in [0, 0.05) is 30.6 Å². The molecule has 0 unspecified atom stereocenters. The fourth-order valence-corrected chi connectivity index (χ4v) is 6.02. The van der Waals surface area contributed by atoms with Gasteiger partial charge in [-0.2, -0.15) is 9.97 Å². The van der Waals surface area contributed by atoms with E-state index in [1.807, 2.05) is 30.0 Å². The minimum Gasteiger partial charge on any atom is -0.508 e. The summed E-state index contributed by atoms with van der Waals surface area (Å²) in [5.41, 5.74) is 3.11. The van der Waals surface area contributed by atoms with E-state index in [2.05, 4.69) is 24.3 Å². The predicted octanol–water partition coefficient (Wildman–Crippen LogP) is 2.85. The summed E-state index contributed by atoms with van der Waals surface area (Å²) in [7, 11) is 4.13. The van der Waals surface area contributed by atoms with Gasteiger partial charge in [0.25, 0.3) is 5.91 Å². The second kappa shape index (κ2) is 10.2. The van der Waals surface area contributed by atoms with E-state index >= 15 is 0 Å². The standard InChI is InChI=1S/C30H36N6O4/c1-19-6-4-7-20-12-21(37)13-22(26(19)20)28(39)36-14-23-24(15-36)32-29(40-18-30(8-9-30)17-34(2)3)33-27(23)35-11-5-10-31-25(38)16-35/h4,6-7,12-13,37H,5,8-11,14-18H2,1-3H3,(H,31,38). The Labute approximate surface area is 233 Å². The molecule has 2 N–H and O–H groups in total. The molecule has 2 fully saturated rings. The first-order valence-electron chi connectivity index (χ1n) is 13.9. The van der Waals surface area contributed by atoms with Gasteiger partial charge >= 0.3 is 6.01 Å². The normalized spacial score (nSPS) is 18.1. The molecule has 0 spiro atoms. The van der Waals surface area contributed by atoms with Crippen LogP contribution in [0.3, 0.4) is 0 Å². The van der Waals surface area contributed by atoms with Gasteiger partial charge in [0.1, 0.15) is 11.6 Å². The average Bonchev–Trinajstić information content (AvgIpc) is 3.59. The van der Waals surface area contributed by atoms with E-state index in [1.165, 1.54) is 0 Å². The highest BCUT2D eigenvalue weighted by Crippen LogP contribution is 2.46. The van der Waals surface area contributed by atoms with Crippen LogP contribution in [-0.2, 0) is 17.9 Å². The highest BCUT2D eigenvalue weighted by Gasteiger charge is 2.44. The van der Waals surface area contributed by atoms with E-state index in [0.717, 1.165) is 53.4 Å². The van der Waals surface area contributed by atoms with Crippen LogP contribution in [-0.4, -0.2) is 83.6 Å². The molecule has 1 saturated carbocycles. The van der Waals surface area contributed by atoms with Crippen molar-refractivity contribution in [3.05, 3.63) is 52.7 Å². The first-order valence-corrected chi connectivity index (χ1v) is 13.9. The highest BCUT2D eigenvalue weighted by molar-refractivity contribution is 6.09. The number of phenolic OH excluding ortho intramolecular Hbond substituents is 1. The van der Waals surface area contributed by atoms with Crippen molar-refractivity contribution in [3.8, 4) is 11.8 Å². The SMILES string of the molecule is Cc1cccc2cc(O)cc(C(=O)N3Cc4nc(OCC5(CN(C)C)CC5)nc(N5CCCNC(=O)C5)c4C3)c12. The fraction of sp³-hybridized carbons (Fsp3) is 0.467. The molecule has 10 heteroatoms. The number of hydrogen-bond donors (Lipinski definition) is 2. The van der Waals surface area contributed by atoms with E-state index in [1.54, 1.807) is 17.0 Å². The Kier molecular flexibility index (Phi) is 6.74. The summed E-state index contributed by atoms with van der Waals surface area (Å²) in [6.45, 7) is 5.52. The lowest BCUT2D eigenvalue weighted by molar-refractivity contribution is -0.119. The zero-order chi connectivity index (χ0) is 28.0. The number of carbonyl (C=O) groups excluding carboxylic acids is 2. The summed E-state index contributed by atoms with van der Waals surface area (Å²) in [4.78, 5) is 41.9. The van der Waals surface area contributed by atoms with Crippen molar-refractivity contribution in [2.45, 2.75) is 39.3 Å². The van der Waals surface area contributed by atoms with Gasteiger partial charge in [0.05, 0.1) is 37.5 Å². The molecular formula is C30H36N6O4. The van der Waals surface area contributed by atoms with Crippen molar-refractivity contribution < 1.29 is 19.4 Å². The first-order chi connectivity index (χ1) is 19.2. The van der Waals surface area contributed by atoms with Crippen LogP contribution in [0.1, 0.15) is 46.4 Å². The van der Waals surface area contributed by atoms with Gasteiger partial charge in [-0.25, -0.2) is 0 Å². The number of fused-ring (bicyclic) bond motifs is 2. The van der Waals surface area contributed by atoms with Crippen molar-refractivity contribution >= 4 is 28.4 Å². The molecule has 210 valence electrons. The second-order valence-electron chi connectivity index (χ2n) is 11.7. The number of phenols is 1. The lowest BCUT2D eigenvalue weighted by atomic mass is 9.98. The van der Waals surface area contributed by atoms with Gasteiger partial charge in [-0.05, 0) is 68.8 Å². The minimum absolute atomic E-state index is 0.0524. The van der Waals surface area contributed by atoms with Crippen LogP contribution in [0.25, 0.3) is 10.8 Å². The highest BCUT2D eigenvalue weighted by atomic mass is 16.5. The van der Waals surface area contributed by atoms with Crippen molar-refractivity contribution in [1.82, 2.24) is 25.1 Å². The maximum Gasteiger partial charge on any atom is 0.318 e. The summed E-state index contributed by atoms with van der Waals surface area (Å²) >= 11 is 0. The molecule has 1 aromatic heterocycles. The largest absolute Gasteiger partial charge is 0.508 e. The fourth-order valence-electron chi connectivity index (χ4n) is 6.02. The number of carbonyl (C=O) groups is 2. The van der Waals surface area contributed by atoms with E-state index in [0.29, 0.717) is 44.2 Å². The molecule has 6 rings (SSSR count). The number of rotatable bonds is 7. The zero-order valence-electron chi connectivity index (χ0n) is 23.4. The summed E-state index contributed by atoms with van der Waals surface area (Å²) in [5, 5.41) is 15.0. The quantitative estimate of drug-likeness (QED) is 0.467. The number of amides is 2. The first kappa shape index (κ1) is 26.3. The Bertz CT molecular complexity index is 1480. The van der Waals surface area contributed by atoms with Crippen LogP contribution in [0.2, 0.25) is 0 Å². The summed E-state index contributed by atoms with van der Waals surface area (Å²) in [5.74, 6) is 0.472. The van der Waals surface area contributed by atoms with Crippen LogP contribution < -0.4 is 15.0 Å². The van der Waals surface area contributed by atoms with Crippen molar-refractivity contribution in [3.63, 3.8) is 0 Å². The number of aromatic nitrogens is 2. The number of ether oxygens (including phenoxy) is 1. The van der Waals surface area contributed by atoms with E-state index < -0.39 is 0 Å². The molecule has 10 nitrogen and oxygen atoms in total. The molecule has 1 saturated heterocycles. The van der Waals surface area contributed by atoms with E-state index in [-0.39, 0.29) is 35.5 Å². The topological polar surface area (TPSA) is 111 Å². The molecule has 2 aromatic carbocycles. The summed E-state index contributed by atoms with van der Waals surface area (Å²) < 4.78 is 6.21. The lowest BCUT2D eigenvalue weighted by Crippen LogP contribution is -2.34. The molecular weight excluding hydrogens is 508 g/mol. The van der Waals surface area contributed by atoms with Gasteiger partial charge in [-0.1, -0.05) is 18.2 Å². The molecule has 0 radical (unpaired) electrons. The molecule has 40 heavy (non-hydrogen) atoms. The van der Waals surface area contributed by atoms with Gasteiger partial charge in [0.15, 0.2) is 0 Å². The van der Waals surface area contributed by atoms with Crippen LogP contribution in [0.4, 0.5) is 5.82 Å². The third-order valence-corrected chi connectivity index (χ3v) is 8.10. The zero-order valence-corrected chi connectivity index (χ0v) is 23.4. The van der Waals surface area contributed by atoms with Crippen LogP contribution >= 0.6 is 0 Å². The molecule has 3 aromatic rings. The molecule has 0 bridgehead atoms. The third-order valence-electron chi connectivity index (χ3n) is 8.10. The number of aryl methyl sites for hydroxylation is 1. The Morgan fingerprint density at radius 2 is 2.00 bits per heavy atom. The Morgan fingerprint density at radius 3 is 2.77 bits per heavy atom. The van der Waals surface area contributed by atoms with E-state index in [9.17, 15) is 14.7 Å². The van der Waals surface area contributed by atoms with Gasteiger partial charge in [-0.15, -0.1) is 0 Å².